The van der Waals surface area contributed by atoms with Gasteiger partial charge in [-0.15, -0.1) is 0 Å². The SMILES string of the molecule is CC.O=CC(NCCNC(C(=O)O)C1=CC=CC=CC1)c1ccccc1O. The average Bonchev–Trinajstić information content (AvgIpc) is 2.96. The van der Waals surface area contributed by atoms with E-state index in [1.165, 1.54) is 6.07 Å². The molecule has 2 rings (SSSR count). The van der Waals surface area contributed by atoms with E-state index in [-0.39, 0.29) is 5.75 Å². The van der Waals surface area contributed by atoms with Gasteiger partial charge in [-0.25, -0.2) is 0 Å². The largest absolute Gasteiger partial charge is 0.508 e. The number of hydrogen-bond acceptors (Lipinski definition) is 5. The number of carboxylic acid groups (broad SMARTS) is 1. The molecule has 6 heteroatoms. The zero-order chi connectivity index (χ0) is 20.1. The summed E-state index contributed by atoms with van der Waals surface area (Å²) in [5.74, 6) is -0.895. The van der Waals surface area contributed by atoms with Gasteiger partial charge in [0, 0.05) is 18.7 Å². The number of phenolic OH excluding ortho intramolecular Hbond substituents is 1. The van der Waals surface area contributed by atoms with Crippen LogP contribution in [-0.2, 0) is 9.59 Å². The molecule has 2 atom stereocenters. The molecular formula is C21H28N2O4. The molecule has 0 aromatic heterocycles. The van der Waals surface area contributed by atoms with E-state index in [2.05, 4.69) is 10.6 Å². The lowest BCUT2D eigenvalue weighted by atomic mass is 10.0. The highest BCUT2D eigenvalue weighted by Gasteiger charge is 2.21. The zero-order valence-corrected chi connectivity index (χ0v) is 15.8. The molecule has 27 heavy (non-hydrogen) atoms. The Hall–Kier alpha value is -2.70. The van der Waals surface area contributed by atoms with E-state index in [0.29, 0.717) is 31.4 Å². The first-order valence-corrected chi connectivity index (χ1v) is 9.08. The number of aliphatic carboxylic acids is 1. The van der Waals surface area contributed by atoms with Crippen LogP contribution in [0.5, 0.6) is 5.75 Å². The van der Waals surface area contributed by atoms with Gasteiger partial charge in [-0.1, -0.05) is 62.4 Å². The molecule has 0 heterocycles. The highest BCUT2D eigenvalue weighted by molar-refractivity contribution is 5.77. The minimum Gasteiger partial charge on any atom is -0.508 e. The van der Waals surface area contributed by atoms with E-state index in [9.17, 15) is 19.8 Å². The third-order valence-corrected chi connectivity index (χ3v) is 3.89. The molecule has 0 amide bonds. The van der Waals surface area contributed by atoms with Crippen LogP contribution in [0, 0.1) is 0 Å². The maximum absolute atomic E-state index is 11.5. The van der Waals surface area contributed by atoms with Crippen molar-refractivity contribution in [2.45, 2.75) is 32.4 Å². The van der Waals surface area contributed by atoms with Crippen LogP contribution in [-0.4, -0.2) is 41.6 Å². The van der Waals surface area contributed by atoms with Gasteiger partial charge in [-0.2, -0.15) is 0 Å². The molecule has 6 nitrogen and oxygen atoms in total. The number of carbonyl (C=O) groups is 2. The molecule has 0 fully saturated rings. The average molecular weight is 372 g/mol. The van der Waals surface area contributed by atoms with Gasteiger partial charge in [-0.3, -0.25) is 10.1 Å². The molecule has 0 saturated carbocycles. The summed E-state index contributed by atoms with van der Waals surface area (Å²) in [6.07, 6.45) is 10.5. The fraction of sp³-hybridized carbons (Fsp3) is 0.333. The van der Waals surface area contributed by atoms with Gasteiger partial charge in [-0.05, 0) is 18.1 Å². The summed E-state index contributed by atoms with van der Waals surface area (Å²) in [4.78, 5) is 22.8. The molecular weight excluding hydrogens is 344 g/mol. The summed E-state index contributed by atoms with van der Waals surface area (Å²) in [5.41, 5.74) is 1.26. The van der Waals surface area contributed by atoms with Crippen molar-refractivity contribution >= 4 is 12.3 Å². The first-order chi connectivity index (χ1) is 13.1. The molecule has 0 saturated heterocycles. The number of benzene rings is 1. The van der Waals surface area contributed by atoms with Crippen LogP contribution in [0.2, 0.25) is 0 Å². The van der Waals surface area contributed by atoms with Gasteiger partial charge < -0.3 is 20.3 Å². The van der Waals surface area contributed by atoms with Crippen LogP contribution < -0.4 is 10.6 Å². The second-order valence-electron chi connectivity index (χ2n) is 5.61. The number of nitrogens with one attached hydrogen (secondary N) is 2. The van der Waals surface area contributed by atoms with Crippen molar-refractivity contribution in [1.82, 2.24) is 10.6 Å². The molecule has 1 aromatic carbocycles. The fourth-order valence-electron chi connectivity index (χ4n) is 2.61. The van der Waals surface area contributed by atoms with Gasteiger partial charge in [0.2, 0.25) is 0 Å². The van der Waals surface area contributed by atoms with Crippen LogP contribution in [0.15, 0.2) is 60.2 Å². The third-order valence-electron chi connectivity index (χ3n) is 3.89. The van der Waals surface area contributed by atoms with Gasteiger partial charge in [0.15, 0.2) is 0 Å². The molecule has 4 N–H and O–H groups in total. The minimum atomic E-state index is -0.942. The van der Waals surface area contributed by atoms with Crippen LogP contribution in [0.4, 0.5) is 0 Å². The van der Waals surface area contributed by atoms with E-state index in [0.717, 1.165) is 5.57 Å². The number of carboxylic acids is 1. The number of phenols is 1. The number of para-hydroxylation sites is 1. The lowest BCUT2D eigenvalue weighted by molar-refractivity contribution is -0.138. The van der Waals surface area contributed by atoms with Gasteiger partial charge in [0.05, 0.1) is 6.04 Å². The molecule has 0 spiro atoms. The summed E-state index contributed by atoms with van der Waals surface area (Å²) < 4.78 is 0. The number of aldehydes is 1. The van der Waals surface area contributed by atoms with Gasteiger partial charge in [0.1, 0.15) is 18.1 Å². The van der Waals surface area contributed by atoms with Crippen molar-refractivity contribution in [3.8, 4) is 5.75 Å². The van der Waals surface area contributed by atoms with E-state index in [4.69, 9.17) is 0 Å². The highest BCUT2D eigenvalue weighted by atomic mass is 16.4. The predicted octanol–water partition coefficient (Wildman–Crippen LogP) is 2.73. The zero-order valence-electron chi connectivity index (χ0n) is 15.8. The van der Waals surface area contributed by atoms with E-state index < -0.39 is 18.1 Å². The highest BCUT2D eigenvalue weighted by Crippen LogP contribution is 2.21. The molecule has 1 aromatic rings. The first-order valence-electron chi connectivity index (χ1n) is 9.08. The summed E-state index contributed by atoms with van der Waals surface area (Å²) in [5, 5.41) is 25.2. The second-order valence-corrected chi connectivity index (χ2v) is 5.61. The molecule has 0 bridgehead atoms. The number of rotatable bonds is 9. The number of carbonyl (C=O) groups excluding carboxylic acids is 1. The topological polar surface area (TPSA) is 98.7 Å². The Bertz CT molecular complexity index is 695. The molecule has 1 aliphatic carbocycles. The minimum absolute atomic E-state index is 0.0469. The maximum Gasteiger partial charge on any atom is 0.325 e. The summed E-state index contributed by atoms with van der Waals surface area (Å²) in [6.45, 7) is 4.74. The van der Waals surface area contributed by atoms with E-state index in [1.54, 1.807) is 24.3 Å². The molecule has 146 valence electrons. The second kappa shape index (κ2) is 12.6. The molecule has 2 unspecified atom stereocenters. The lowest BCUT2D eigenvalue weighted by Gasteiger charge is -2.19. The van der Waals surface area contributed by atoms with Crippen molar-refractivity contribution in [3.05, 3.63) is 65.8 Å². The Balaban J connectivity index is 0.00000176. The Morgan fingerprint density at radius 1 is 1.15 bits per heavy atom. The van der Waals surface area contributed by atoms with Crippen molar-refractivity contribution in [3.63, 3.8) is 0 Å². The molecule has 1 aliphatic rings. The predicted molar refractivity (Wildman–Crippen MR) is 107 cm³/mol. The monoisotopic (exact) mass is 372 g/mol. The molecule has 0 radical (unpaired) electrons. The van der Waals surface area contributed by atoms with Crippen LogP contribution in [0.25, 0.3) is 0 Å². The van der Waals surface area contributed by atoms with Crippen molar-refractivity contribution in [1.29, 1.82) is 0 Å². The Labute approximate surface area is 160 Å². The first kappa shape index (κ1) is 22.3. The van der Waals surface area contributed by atoms with E-state index >= 15 is 0 Å². The maximum atomic E-state index is 11.5. The van der Waals surface area contributed by atoms with Gasteiger partial charge >= 0.3 is 5.97 Å². The van der Waals surface area contributed by atoms with Crippen LogP contribution in [0.3, 0.4) is 0 Å². The fourth-order valence-corrected chi connectivity index (χ4v) is 2.61. The van der Waals surface area contributed by atoms with Crippen molar-refractivity contribution in [2.75, 3.05) is 13.1 Å². The quantitative estimate of drug-likeness (QED) is 0.393. The molecule has 0 aliphatic heterocycles. The van der Waals surface area contributed by atoms with Crippen LogP contribution >= 0.6 is 0 Å². The van der Waals surface area contributed by atoms with Gasteiger partial charge in [0.25, 0.3) is 0 Å². The third kappa shape index (κ3) is 7.21. The Morgan fingerprint density at radius 3 is 2.52 bits per heavy atom. The number of aromatic hydroxyl groups is 1. The summed E-state index contributed by atoms with van der Waals surface area (Å²) >= 11 is 0. The number of hydrogen-bond donors (Lipinski definition) is 4. The Kier molecular flexibility index (Phi) is 10.4. The van der Waals surface area contributed by atoms with Crippen molar-refractivity contribution in [2.24, 2.45) is 0 Å². The van der Waals surface area contributed by atoms with Crippen LogP contribution in [0.1, 0.15) is 31.9 Å². The van der Waals surface area contributed by atoms with Crippen molar-refractivity contribution < 1.29 is 19.8 Å². The normalized spacial score (nSPS) is 15.0. The lowest BCUT2D eigenvalue weighted by Crippen LogP contribution is -2.42. The smallest absolute Gasteiger partial charge is 0.325 e. The van der Waals surface area contributed by atoms with E-state index in [1.807, 2.05) is 38.2 Å². The standard InChI is InChI=1S/C19H22N2O4.C2H6/c22-13-16(15-9-5-6-10-17(15)23)20-11-12-21-18(19(24)25)14-7-3-1-2-4-8-14;1-2/h1-7,9-10,13,16,18,20-21,23H,8,11-12H2,(H,24,25);1-2H3. The Morgan fingerprint density at radius 2 is 1.85 bits per heavy atom. The number of allylic oxidation sites excluding steroid dienone is 5. The summed E-state index contributed by atoms with van der Waals surface area (Å²) in [7, 11) is 0. The summed E-state index contributed by atoms with van der Waals surface area (Å²) in [6, 6.07) is 5.19.